The van der Waals surface area contributed by atoms with E-state index in [9.17, 15) is 8.78 Å². The summed E-state index contributed by atoms with van der Waals surface area (Å²) in [6.07, 6.45) is 1.62. The van der Waals surface area contributed by atoms with E-state index < -0.39 is 5.92 Å². The fourth-order valence-corrected chi connectivity index (χ4v) is 1.94. The molecule has 1 aromatic heterocycles. The van der Waals surface area contributed by atoms with Crippen LogP contribution in [-0.2, 0) is 0 Å². The predicted octanol–water partition coefficient (Wildman–Crippen LogP) is 2.92. The summed E-state index contributed by atoms with van der Waals surface area (Å²) in [6.45, 7) is 0.779. The quantitative estimate of drug-likeness (QED) is 0.739. The predicted molar refractivity (Wildman–Crippen MR) is 63.3 cm³/mol. The van der Waals surface area contributed by atoms with Gasteiger partial charge in [0, 0.05) is 35.7 Å². The van der Waals surface area contributed by atoms with E-state index in [1.54, 1.807) is 6.20 Å². The highest BCUT2D eigenvalue weighted by atomic mass is 127. The summed E-state index contributed by atoms with van der Waals surface area (Å²) < 4.78 is 26.9. The van der Waals surface area contributed by atoms with Crippen molar-refractivity contribution < 1.29 is 8.78 Å². The van der Waals surface area contributed by atoms with Gasteiger partial charge in [0.2, 0.25) is 0 Å². The van der Waals surface area contributed by atoms with Crippen LogP contribution in [0.2, 0.25) is 0 Å². The van der Waals surface area contributed by atoms with E-state index in [2.05, 4.69) is 27.6 Å². The Kier molecular flexibility index (Phi) is 3.08. The first-order chi connectivity index (χ1) is 7.07. The molecule has 0 N–H and O–H groups in total. The van der Waals surface area contributed by atoms with Gasteiger partial charge in [-0.1, -0.05) is 0 Å². The maximum absolute atomic E-state index is 12.9. The van der Waals surface area contributed by atoms with E-state index in [1.807, 2.05) is 17.0 Å². The van der Waals surface area contributed by atoms with Crippen molar-refractivity contribution in [2.75, 3.05) is 18.0 Å². The van der Waals surface area contributed by atoms with Gasteiger partial charge in [-0.2, -0.15) is 0 Å². The van der Waals surface area contributed by atoms with Crippen molar-refractivity contribution in [1.82, 2.24) is 4.98 Å². The number of rotatable bonds is 1. The summed E-state index contributed by atoms with van der Waals surface area (Å²) in [4.78, 5) is 6.13. The Morgan fingerprint density at radius 1 is 1.27 bits per heavy atom. The maximum Gasteiger partial charge on any atom is 0.251 e. The molecule has 1 saturated heterocycles. The summed E-state index contributed by atoms with van der Waals surface area (Å²) in [5, 5.41) is 0. The molecule has 0 unspecified atom stereocenters. The molecular weight excluding hydrogens is 313 g/mol. The fourth-order valence-electron chi connectivity index (χ4n) is 1.62. The lowest BCUT2D eigenvalue weighted by molar-refractivity contribution is -0.0221. The molecule has 0 bridgehead atoms. The third-order valence-corrected chi connectivity index (χ3v) is 3.17. The molecule has 1 fully saturated rings. The second-order valence-electron chi connectivity index (χ2n) is 3.68. The van der Waals surface area contributed by atoms with Crippen LogP contribution in [0.4, 0.5) is 14.6 Å². The minimum Gasteiger partial charge on any atom is -0.356 e. The molecule has 0 aromatic carbocycles. The van der Waals surface area contributed by atoms with Crippen LogP contribution in [0.3, 0.4) is 0 Å². The lowest BCUT2D eigenvalue weighted by Crippen LogP contribution is -2.39. The Morgan fingerprint density at radius 2 is 1.93 bits per heavy atom. The van der Waals surface area contributed by atoms with Gasteiger partial charge < -0.3 is 4.90 Å². The normalized spacial score (nSPS) is 20.3. The zero-order chi connectivity index (χ0) is 10.9. The summed E-state index contributed by atoms with van der Waals surface area (Å²) in [5.74, 6) is -1.69. The number of halogens is 3. The molecule has 1 aliphatic heterocycles. The second-order valence-corrected chi connectivity index (χ2v) is 4.92. The average Bonchev–Trinajstić information content (AvgIpc) is 2.20. The Labute approximate surface area is 101 Å². The van der Waals surface area contributed by atoms with Gasteiger partial charge in [-0.3, -0.25) is 0 Å². The Hall–Kier alpha value is -0.460. The zero-order valence-electron chi connectivity index (χ0n) is 8.09. The van der Waals surface area contributed by atoms with Crippen molar-refractivity contribution in [3.63, 3.8) is 0 Å². The summed E-state index contributed by atoms with van der Waals surface area (Å²) in [6, 6.07) is 3.82. The first kappa shape index (κ1) is 11.0. The molecule has 15 heavy (non-hydrogen) atoms. The number of aromatic nitrogens is 1. The van der Waals surface area contributed by atoms with Crippen molar-refractivity contribution in [2.24, 2.45) is 0 Å². The molecule has 1 aromatic rings. The van der Waals surface area contributed by atoms with Crippen LogP contribution in [0.5, 0.6) is 0 Å². The van der Waals surface area contributed by atoms with Crippen molar-refractivity contribution in [2.45, 2.75) is 18.8 Å². The van der Waals surface area contributed by atoms with Crippen LogP contribution >= 0.6 is 22.6 Å². The number of pyridine rings is 1. The first-order valence-electron chi connectivity index (χ1n) is 4.81. The average molecular weight is 324 g/mol. The van der Waals surface area contributed by atoms with Crippen LogP contribution in [0.15, 0.2) is 18.3 Å². The molecule has 1 aliphatic rings. The number of anilines is 1. The van der Waals surface area contributed by atoms with Gasteiger partial charge in [0.1, 0.15) is 5.82 Å². The molecule has 82 valence electrons. The third-order valence-electron chi connectivity index (χ3n) is 2.53. The molecule has 0 aliphatic carbocycles. The van der Waals surface area contributed by atoms with Gasteiger partial charge in [-0.05, 0) is 34.7 Å². The van der Waals surface area contributed by atoms with Crippen molar-refractivity contribution in [3.05, 3.63) is 21.9 Å². The minimum absolute atomic E-state index is 0.0688. The van der Waals surface area contributed by atoms with Gasteiger partial charge in [0.15, 0.2) is 0 Å². The third kappa shape index (κ3) is 2.76. The number of hydrogen-bond donors (Lipinski definition) is 0. The highest BCUT2D eigenvalue weighted by Crippen LogP contribution is 2.29. The number of hydrogen-bond acceptors (Lipinski definition) is 2. The Morgan fingerprint density at radius 3 is 2.47 bits per heavy atom. The van der Waals surface area contributed by atoms with Gasteiger partial charge in [0.05, 0.1) is 0 Å². The SMILES string of the molecule is FC1(F)CCN(c2ccc(I)cn2)CC1. The molecule has 0 spiro atoms. The topological polar surface area (TPSA) is 16.1 Å². The number of alkyl halides is 2. The molecular formula is C10H11F2IN2. The molecule has 0 radical (unpaired) electrons. The standard InChI is InChI=1S/C10H11F2IN2/c11-10(12)3-5-15(6-4-10)9-2-1-8(13)7-14-9/h1-2,7H,3-6H2. The largest absolute Gasteiger partial charge is 0.356 e. The lowest BCUT2D eigenvalue weighted by Gasteiger charge is -2.32. The highest BCUT2D eigenvalue weighted by Gasteiger charge is 2.34. The monoisotopic (exact) mass is 324 g/mol. The van der Waals surface area contributed by atoms with Crippen LogP contribution in [-0.4, -0.2) is 24.0 Å². The minimum atomic E-state index is -2.49. The number of nitrogens with zero attached hydrogens (tertiary/aromatic N) is 2. The molecule has 2 nitrogen and oxygen atoms in total. The molecule has 0 saturated carbocycles. The Balaban J connectivity index is 2.04. The van der Waals surface area contributed by atoms with Crippen LogP contribution < -0.4 is 4.90 Å². The summed E-state index contributed by atoms with van der Waals surface area (Å²) in [7, 11) is 0. The van der Waals surface area contributed by atoms with E-state index in [0.29, 0.717) is 13.1 Å². The highest BCUT2D eigenvalue weighted by molar-refractivity contribution is 14.1. The van der Waals surface area contributed by atoms with Gasteiger partial charge in [-0.25, -0.2) is 13.8 Å². The smallest absolute Gasteiger partial charge is 0.251 e. The second kappa shape index (κ2) is 4.19. The zero-order valence-corrected chi connectivity index (χ0v) is 10.2. The van der Waals surface area contributed by atoms with Gasteiger partial charge in [0.25, 0.3) is 5.92 Å². The molecule has 2 heterocycles. The molecule has 0 atom stereocenters. The van der Waals surface area contributed by atoms with E-state index in [1.165, 1.54) is 0 Å². The first-order valence-corrected chi connectivity index (χ1v) is 5.89. The van der Waals surface area contributed by atoms with E-state index in [0.717, 1.165) is 9.39 Å². The molecule has 2 rings (SSSR count). The molecule has 5 heteroatoms. The van der Waals surface area contributed by atoms with Crippen molar-refractivity contribution >= 4 is 28.4 Å². The van der Waals surface area contributed by atoms with E-state index in [4.69, 9.17) is 0 Å². The van der Waals surface area contributed by atoms with E-state index in [-0.39, 0.29) is 12.8 Å². The fraction of sp³-hybridized carbons (Fsp3) is 0.500. The van der Waals surface area contributed by atoms with Crippen LogP contribution in [0.1, 0.15) is 12.8 Å². The lowest BCUT2D eigenvalue weighted by atomic mass is 10.1. The summed E-state index contributed by atoms with van der Waals surface area (Å²) in [5.41, 5.74) is 0. The van der Waals surface area contributed by atoms with Crippen molar-refractivity contribution in [1.29, 1.82) is 0 Å². The number of piperidine rings is 1. The van der Waals surface area contributed by atoms with Crippen molar-refractivity contribution in [3.8, 4) is 0 Å². The molecule has 0 amide bonds. The van der Waals surface area contributed by atoms with Gasteiger partial charge >= 0.3 is 0 Å². The maximum atomic E-state index is 12.9. The Bertz CT molecular complexity index is 330. The van der Waals surface area contributed by atoms with Crippen LogP contribution in [0, 0.1) is 3.57 Å². The van der Waals surface area contributed by atoms with Gasteiger partial charge in [-0.15, -0.1) is 0 Å². The van der Waals surface area contributed by atoms with Crippen LogP contribution in [0.25, 0.3) is 0 Å². The van der Waals surface area contributed by atoms with E-state index >= 15 is 0 Å². The summed E-state index contributed by atoms with van der Waals surface area (Å²) >= 11 is 2.17.